The van der Waals surface area contributed by atoms with Gasteiger partial charge in [-0.3, -0.25) is 9.36 Å². The molecule has 2 aromatic heterocycles. The van der Waals surface area contributed by atoms with Crippen LogP contribution in [0.4, 0.5) is 0 Å². The summed E-state index contributed by atoms with van der Waals surface area (Å²) in [7, 11) is 0. The number of nitrogens with one attached hydrogen (secondary N) is 1. The summed E-state index contributed by atoms with van der Waals surface area (Å²) < 4.78 is 7.43. The van der Waals surface area contributed by atoms with Crippen LogP contribution in [0.25, 0.3) is 5.69 Å². The number of aryl methyl sites for hydroxylation is 2. The fraction of sp³-hybridized carbons (Fsp3) is 0.368. The summed E-state index contributed by atoms with van der Waals surface area (Å²) in [5, 5.41) is 12.1. The van der Waals surface area contributed by atoms with Crippen molar-refractivity contribution in [2.24, 2.45) is 0 Å². The number of oxazole rings is 1. The minimum Gasteiger partial charge on any atom is -0.447 e. The van der Waals surface area contributed by atoms with Crippen LogP contribution in [0, 0.1) is 13.8 Å². The second-order valence-electron chi connectivity index (χ2n) is 6.40. The zero-order valence-electron chi connectivity index (χ0n) is 15.9. The highest BCUT2D eigenvalue weighted by Crippen LogP contribution is 2.25. The Balaban J connectivity index is 1.70. The van der Waals surface area contributed by atoms with E-state index in [0.29, 0.717) is 17.3 Å². The lowest BCUT2D eigenvalue weighted by Gasteiger charge is -2.08. The van der Waals surface area contributed by atoms with Gasteiger partial charge in [0, 0.05) is 11.7 Å². The van der Waals surface area contributed by atoms with Crippen LogP contribution in [0.2, 0.25) is 0 Å². The van der Waals surface area contributed by atoms with E-state index in [1.54, 1.807) is 0 Å². The summed E-state index contributed by atoms with van der Waals surface area (Å²) in [6.45, 7) is 7.94. The molecule has 0 aliphatic carbocycles. The summed E-state index contributed by atoms with van der Waals surface area (Å²) in [5.74, 6) is 1.52. The van der Waals surface area contributed by atoms with Gasteiger partial charge in [0.05, 0.1) is 5.75 Å². The van der Waals surface area contributed by atoms with Crippen molar-refractivity contribution in [2.75, 3.05) is 0 Å². The number of amides is 1. The number of benzene rings is 1. The Morgan fingerprint density at radius 1 is 1.26 bits per heavy atom. The van der Waals surface area contributed by atoms with Crippen LogP contribution >= 0.6 is 11.8 Å². The first-order valence-corrected chi connectivity index (χ1v) is 9.83. The molecule has 3 rings (SSSR count). The summed E-state index contributed by atoms with van der Waals surface area (Å²) in [5.41, 5.74) is 2.50. The van der Waals surface area contributed by atoms with E-state index < -0.39 is 0 Å². The number of hydrogen-bond donors (Lipinski definition) is 1. The van der Waals surface area contributed by atoms with Gasteiger partial charge in [-0.1, -0.05) is 36.4 Å². The van der Waals surface area contributed by atoms with Crippen molar-refractivity contribution in [3.63, 3.8) is 0 Å². The molecule has 1 N–H and O–H groups in total. The third kappa shape index (κ3) is 4.57. The molecule has 0 spiro atoms. The van der Waals surface area contributed by atoms with Crippen molar-refractivity contribution in [1.29, 1.82) is 0 Å². The molecular weight excluding hydrogens is 362 g/mol. The zero-order valence-corrected chi connectivity index (χ0v) is 16.7. The van der Waals surface area contributed by atoms with E-state index in [1.807, 2.05) is 37.5 Å². The molecule has 0 aliphatic rings. The molecule has 1 aromatic carbocycles. The Hall–Kier alpha value is -2.61. The van der Waals surface area contributed by atoms with E-state index in [9.17, 15) is 4.79 Å². The Labute approximate surface area is 162 Å². The third-order valence-corrected chi connectivity index (χ3v) is 5.10. The van der Waals surface area contributed by atoms with Crippen LogP contribution in [0.3, 0.4) is 0 Å². The van der Waals surface area contributed by atoms with Gasteiger partial charge >= 0.3 is 0 Å². The largest absolute Gasteiger partial charge is 0.447 e. The molecule has 0 bridgehead atoms. The average Bonchev–Trinajstić information content (AvgIpc) is 3.27. The van der Waals surface area contributed by atoms with Crippen molar-refractivity contribution < 1.29 is 9.21 Å². The number of nitrogens with zero attached hydrogens (tertiary/aromatic N) is 4. The van der Waals surface area contributed by atoms with Crippen LogP contribution in [0.5, 0.6) is 0 Å². The summed E-state index contributed by atoms with van der Waals surface area (Å²) in [6, 6.07) is 8.29. The molecule has 8 heteroatoms. The molecule has 0 fully saturated rings. The molecule has 0 unspecified atom stereocenters. The first kappa shape index (κ1) is 19.2. The van der Waals surface area contributed by atoms with Gasteiger partial charge in [-0.05, 0) is 39.3 Å². The highest BCUT2D eigenvalue weighted by atomic mass is 32.2. The Morgan fingerprint density at radius 2 is 2.00 bits per heavy atom. The van der Waals surface area contributed by atoms with E-state index in [0.717, 1.165) is 23.1 Å². The van der Waals surface area contributed by atoms with E-state index in [1.165, 1.54) is 23.6 Å². The van der Waals surface area contributed by atoms with Crippen molar-refractivity contribution in [3.05, 3.63) is 53.5 Å². The fourth-order valence-corrected chi connectivity index (χ4v) is 3.29. The average molecular weight is 385 g/mol. The van der Waals surface area contributed by atoms with E-state index in [-0.39, 0.29) is 11.9 Å². The van der Waals surface area contributed by atoms with Gasteiger partial charge in [-0.15, -0.1) is 10.2 Å². The maximum Gasteiger partial charge on any atom is 0.273 e. The predicted octanol–water partition coefficient (Wildman–Crippen LogP) is 3.69. The van der Waals surface area contributed by atoms with Gasteiger partial charge < -0.3 is 9.73 Å². The van der Waals surface area contributed by atoms with Gasteiger partial charge in [-0.2, -0.15) is 0 Å². The monoisotopic (exact) mass is 385 g/mol. The number of thioether (sulfide) groups is 1. The molecular formula is C19H23N5O2S. The van der Waals surface area contributed by atoms with Crippen molar-refractivity contribution in [2.45, 2.75) is 51.1 Å². The Bertz CT molecular complexity index is 917. The first-order valence-electron chi connectivity index (χ1n) is 8.85. The molecule has 27 heavy (non-hydrogen) atoms. The summed E-state index contributed by atoms with van der Waals surface area (Å²) in [6.07, 6.45) is 2.25. The summed E-state index contributed by atoms with van der Waals surface area (Å²) in [4.78, 5) is 16.4. The molecule has 0 saturated heterocycles. The Kier molecular flexibility index (Phi) is 5.95. The summed E-state index contributed by atoms with van der Waals surface area (Å²) >= 11 is 1.46. The second kappa shape index (κ2) is 8.39. The normalized spacial score (nSPS) is 12.1. The lowest BCUT2D eigenvalue weighted by atomic mass is 10.2. The van der Waals surface area contributed by atoms with Gasteiger partial charge in [-0.25, -0.2) is 4.98 Å². The second-order valence-corrected chi connectivity index (χ2v) is 7.34. The molecule has 3 aromatic rings. The molecule has 0 aliphatic heterocycles. The van der Waals surface area contributed by atoms with Gasteiger partial charge in [0.1, 0.15) is 12.1 Å². The number of aromatic nitrogens is 4. The van der Waals surface area contributed by atoms with Crippen molar-refractivity contribution >= 4 is 17.7 Å². The molecule has 1 atom stereocenters. The topological polar surface area (TPSA) is 85.8 Å². The zero-order chi connectivity index (χ0) is 19.4. The Morgan fingerprint density at radius 3 is 2.70 bits per heavy atom. The van der Waals surface area contributed by atoms with Crippen LogP contribution in [0.1, 0.15) is 48.0 Å². The lowest BCUT2D eigenvalue weighted by molar-refractivity contribution is 0.0934. The van der Waals surface area contributed by atoms with E-state index in [4.69, 9.17) is 4.42 Å². The lowest BCUT2D eigenvalue weighted by Crippen LogP contribution is -2.32. The maximum atomic E-state index is 12.1. The SMILES string of the molecule is CC[C@H](C)NC(=O)c1coc(CSc2nnc(C)n2-c2ccc(C)cc2)n1. The molecule has 2 heterocycles. The van der Waals surface area contributed by atoms with Gasteiger partial charge in [0.25, 0.3) is 5.91 Å². The molecule has 142 valence electrons. The molecule has 1 amide bonds. The van der Waals surface area contributed by atoms with Crippen LogP contribution in [-0.4, -0.2) is 31.7 Å². The predicted molar refractivity (Wildman–Crippen MR) is 104 cm³/mol. The highest BCUT2D eigenvalue weighted by molar-refractivity contribution is 7.98. The van der Waals surface area contributed by atoms with E-state index in [2.05, 4.69) is 39.6 Å². The number of carbonyl (C=O) groups excluding carboxylic acids is 1. The number of rotatable bonds is 7. The van der Waals surface area contributed by atoms with Gasteiger partial charge in [0.2, 0.25) is 5.89 Å². The van der Waals surface area contributed by atoms with Crippen molar-refractivity contribution in [3.8, 4) is 5.69 Å². The van der Waals surface area contributed by atoms with Crippen LogP contribution in [0.15, 0.2) is 40.1 Å². The molecule has 7 nitrogen and oxygen atoms in total. The number of carbonyl (C=O) groups is 1. The minimum atomic E-state index is -0.219. The molecule has 0 saturated carbocycles. The minimum absolute atomic E-state index is 0.100. The van der Waals surface area contributed by atoms with Gasteiger partial charge in [0.15, 0.2) is 10.9 Å². The smallest absolute Gasteiger partial charge is 0.273 e. The number of hydrogen-bond acceptors (Lipinski definition) is 6. The molecule has 0 radical (unpaired) electrons. The van der Waals surface area contributed by atoms with Crippen molar-refractivity contribution in [1.82, 2.24) is 25.1 Å². The maximum absolute atomic E-state index is 12.1. The highest BCUT2D eigenvalue weighted by Gasteiger charge is 2.16. The standard InChI is InChI=1S/C19H23N5O2S/c1-5-13(3)20-18(25)16-10-26-17(21-16)11-27-19-23-22-14(4)24(19)15-8-6-12(2)7-9-15/h6-10,13H,5,11H2,1-4H3,(H,20,25)/t13-/m0/s1. The fourth-order valence-electron chi connectivity index (χ4n) is 2.44. The van der Waals surface area contributed by atoms with Crippen LogP contribution in [-0.2, 0) is 5.75 Å². The third-order valence-electron chi connectivity index (χ3n) is 4.19. The quantitative estimate of drug-likeness (QED) is 0.624. The van der Waals surface area contributed by atoms with Crippen LogP contribution < -0.4 is 5.32 Å². The van der Waals surface area contributed by atoms with E-state index >= 15 is 0 Å². The first-order chi connectivity index (χ1) is 13.0.